The predicted molar refractivity (Wildman–Crippen MR) is 77.9 cm³/mol. The standard InChI is InChI=1S/C11H6BrCl3N2O/c12-6-1-5(13)4-17-11(6)18-10-3-8(15)7(14)2-9(10)16/h1-4H,16H2. The van der Waals surface area contributed by atoms with Crippen molar-refractivity contribution >= 4 is 56.4 Å². The van der Waals surface area contributed by atoms with E-state index in [4.69, 9.17) is 45.3 Å². The molecule has 0 atom stereocenters. The van der Waals surface area contributed by atoms with Crippen LogP contribution in [0.4, 0.5) is 5.69 Å². The van der Waals surface area contributed by atoms with Crippen molar-refractivity contribution < 1.29 is 4.74 Å². The topological polar surface area (TPSA) is 48.1 Å². The number of nitrogens with two attached hydrogens (primary N) is 1. The monoisotopic (exact) mass is 366 g/mol. The Morgan fingerprint density at radius 2 is 1.78 bits per heavy atom. The minimum absolute atomic E-state index is 0.337. The van der Waals surface area contributed by atoms with E-state index in [1.807, 2.05) is 0 Å². The summed E-state index contributed by atoms with van der Waals surface area (Å²) in [6.45, 7) is 0. The summed E-state index contributed by atoms with van der Waals surface area (Å²) in [6, 6.07) is 4.71. The lowest BCUT2D eigenvalue weighted by Crippen LogP contribution is -1.94. The predicted octanol–water partition coefficient (Wildman–Crippen LogP) is 5.18. The minimum atomic E-state index is 0.337. The van der Waals surface area contributed by atoms with Gasteiger partial charge in [-0.05, 0) is 28.1 Å². The zero-order valence-corrected chi connectivity index (χ0v) is 12.6. The van der Waals surface area contributed by atoms with E-state index < -0.39 is 0 Å². The van der Waals surface area contributed by atoms with Gasteiger partial charge in [-0.15, -0.1) is 0 Å². The van der Waals surface area contributed by atoms with E-state index in [1.54, 1.807) is 6.07 Å². The maximum Gasteiger partial charge on any atom is 0.233 e. The quantitative estimate of drug-likeness (QED) is 0.743. The molecule has 0 unspecified atom stereocenters. The number of benzene rings is 1. The first-order chi connectivity index (χ1) is 8.47. The number of ether oxygens (including phenoxy) is 1. The zero-order chi connectivity index (χ0) is 13.3. The first-order valence-electron chi connectivity index (χ1n) is 4.71. The molecule has 18 heavy (non-hydrogen) atoms. The van der Waals surface area contributed by atoms with Gasteiger partial charge in [0.2, 0.25) is 5.88 Å². The Morgan fingerprint density at radius 1 is 1.11 bits per heavy atom. The van der Waals surface area contributed by atoms with Crippen molar-refractivity contribution in [2.45, 2.75) is 0 Å². The summed E-state index contributed by atoms with van der Waals surface area (Å²) in [5.41, 5.74) is 6.15. The molecule has 3 nitrogen and oxygen atoms in total. The lowest BCUT2D eigenvalue weighted by atomic mass is 10.3. The van der Waals surface area contributed by atoms with Gasteiger partial charge in [-0.1, -0.05) is 34.8 Å². The van der Waals surface area contributed by atoms with Crippen LogP contribution in [0.25, 0.3) is 0 Å². The second-order valence-electron chi connectivity index (χ2n) is 3.35. The summed E-state index contributed by atoms with van der Waals surface area (Å²) in [7, 11) is 0. The van der Waals surface area contributed by atoms with Crippen molar-refractivity contribution in [2.24, 2.45) is 0 Å². The number of pyridine rings is 1. The fourth-order valence-electron chi connectivity index (χ4n) is 1.21. The van der Waals surface area contributed by atoms with E-state index >= 15 is 0 Å². The van der Waals surface area contributed by atoms with Crippen molar-refractivity contribution in [3.8, 4) is 11.6 Å². The Kier molecular flexibility index (Phi) is 4.22. The maximum absolute atomic E-state index is 5.90. The molecule has 94 valence electrons. The van der Waals surface area contributed by atoms with Gasteiger partial charge in [0.05, 0.1) is 25.2 Å². The zero-order valence-electron chi connectivity index (χ0n) is 8.75. The molecule has 0 bridgehead atoms. The van der Waals surface area contributed by atoms with Gasteiger partial charge in [-0.25, -0.2) is 4.98 Å². The Labute approximate surface area is 127 Å². The van der Waals surface area contributed by atoms with E-state index in [2.05, 4.69) is 20.9 Å². The van der Waals surface area contributed by atoms with E-state index in [0.29, 0.717) is 36.9 Å². The van der Waals surface area contributed by atoms with Crippen molar-refractivity contribution in [3.63, 3.8) is 0 Å². The van der Waals surface area contributed by atoms with Crippen LogP contribution < -0.4 is 10.5 Å². The van der Waals surface area contributed by atoms with Gasteiger partial charge in [0.15, 0.2) is 5.75 Å². The van der Waals surface area contributed by atoms with Crippen molar-refractivity contribution in [1.29, 1.82) is 0 Å². The Balaban J connectivity index is 2.37. The van der Waals surface area contributed by atoms with Gasteiger partial charge in [0.1, 0.15) is 0 Å². The SMILES string of the molecule is Nc1cc(Cl)c(Cl)cc1Oc1ncc(Cl)cc1Br. The fraction of sp³-hybridized carbons (Fsp3) is 0. The van der Waals surface area contributed by atoms with Crippen molar-refractivity contribution in [1.82, 2.24) is 4.98 Å². The summed E-state index contributed by atoms with van der Waals surface area (Å²) < 4.78 is 6.16. The third-order valence-corrected chi connectivity index (χ3v) is 3.53. The van der Waals surface area contributed by atoms with Crippen LogP contribution in [0.2, 0.25) is 15.1 Å². The van der Waals surface area contributed by atoms with Crippen LogP contribution in [0, 0.1) is 0 Å². The summed E-state index contributed by atoms with van der Waals surface area (Å²) >= 11 is 20.8. The molecule has 0 aliphatic carbocycles. The second-order valence-corrected chi connectivity index (χ2v) is 5.45. The highest BCUT2D eigenvalue weighted by molar-refractivity contribution is 9.10. The molecular formula is C11H6BrCl3N2O. The van der Waals surface area contributed by atoms with Crippen LogP contribution in [0.5, 0.6) is 11.6 Å². The van der Waals surface area contributed by atoms with Crippen LogP contribution >= 0.6 is 50.7 Å². The summed E-state index contributed by atoms with van der Waals surface area (Å²) in [4.78, 5) is 4.03. The number of halogens is 4. The summed E-state index contributed by atoms with van der Waals surface area (Å²) in [6.07, 6.45) is 1.47. The molecule has 0 saturated heterocycles. The average molecular weight is 368 g/mol. The number of hydrogen-bond acceptors (Lipinski definition) is 3. The molecule has 0 amide bonds. The highest BCUT2D eigenvalue weighted by Gasteiger charge is 2.10. The molecule has 2 rings (SSSR count). The largest absolute Gasteiger partial charge is 0.436 e. The highest BCUT2D eigenvalue weighted by atomic mass is 79.9. The summed E-state index contributed by atoms with van der Waals surface area (Å²) in [5, 5.41) is 1.21. The van der Waals surface area contributed by atoms with Crippen LogP contribution in [-0.2, 0) is 0 Å². The number of nitrogens with zero attached hydrogens (tertiary/aromatic N) is 1. The van der Waals surface area contributed by atoms with E-state index in [0.717, 1.165) is 0 Å². The molecule has 0 fully saturated rings. The molecule has 1 heterocycles. The summed E-state index contributed by atoms with van der Waals surface area (Å²) in [5.74, 6) is 0.712. The molecule has 7 heteroatoms. The Morgan fingerprint density at radius 3 is 2.44 bits per heavy atom. The van der Waals surface area contributed by atoms with Crippen LogP contribution in [0.15, 0.2) is 28.9 Å². The molecule has 0 aliphatic heterocycles. The molecule has 0 aliphatic rings. The molecular weight excluding hydrogens is 362 g/mol. The normalized spacial score (nSPS) is 10.4. The number of nitrogen functional groups attached to an aromatic ring is 1. The molecule has 1 aromatic heterocycles. The molecule has 0 saturated carbocycles. The van der Waals surface area contributed by atoms with E-state index in [1.165, 1.54) is 18.3 Å². The van der Waals surface area contributed by atoms with Gasteiger partial charge in [-0.3, -0.25) is 0 Å². The fourth-order valence-corrected chi connectivity index (χ4v) is 2.26. The Hall–Kier alpha value is -0.680. The smallest absolute Gasteiger partial charge is 0.233 e. The highest BCUT2D eigenvalue weighted by Crippen LogP contribution is 2.36. The van der Waals surface area contributed by atoms with Crippen LogP contribution in [0.1, 0.15) is 0 Å². The van der Waals surface area contributed by atoms with Gasteiger partial charge in [-0.2, -0.15) is 0 Å². The number of anilines is 1. The van der Waals surface area contributed by atoms with Gasteiger partial charge >= 0.3 is 0 Å². The number of aromatic nitrogens is 1. The van der Waals surface area contributed by atoms with Gasteiger partial charge in [0, 0.05) is 12.3 Å². The molecule has 0 radical (unpaired) electrons. The Bertz CT molecular complexity index is 607. The number of rotatable bonds is 2. The van der Waals surface area contributed by atoms with Crippen molar-refractivity contribution in [2.75, 3.05) is 5.73 Å². The third kappa shape index (κ3) is 3.01. The first-order valence-corrected chi connectivity index (χ1v) is 6.63. The second kappa shape index (κ2) is 5.53. The minimum Gasteiger partial charge on any atom is -0.436 e. The van der Waals surface area contributed by atoms with Crippen molar-refractivity contribution in [3.05, 3.63) is 43.9 Å². The van der Waals surface area contributed by atoms with E-state index in [-0.39, 0.29) is 0 Å². The first kappa shape index (κ1) is 13.7. The molecule has 2 N–H and O–H groups in total. The van der Waals surface area contributed by atoms with Crippen LogP contribution in [-0.4, -0.2) is 4.98 Å². The average Bonchev–Trinajstić information content (AvgIpc) is 2.29. The third-order valence-electron chi connectivity index (χ3n) is 2.03. The molecule has 1 aromatic carbocycles. The van der Waals surface area contributed by atoms with Crippen LogP contribution in [0.3, 0.4) is 0 Å². The molecule has 0 spiro atoms. The van der Waals surface area contributed by atoms with Gasteiger partial charge < -0.3 is 10.5 Å². The lowest BCUT2D eigenvalue weighted by molar-refractivity contribution is 0.462. The van der Waals surface area contributed by atoms with Gasteiger partial charge in [0.25, 0.3) is 0 Å². The maximum atomic E-state index is 5.90. The lowest BCUT2D eigenvalue weighted by Gasteiger charge is -2.10. The van der Waals surface area contributed by atoms with E-state index in [9.17, 15) is 0 Å². The molecule has 2 aromatic rings. The number of hydrogen-bond donors (Lipinski definition) is 1.